The van der Waals surface area contributed by atoms with Crippen molar-refractivity contribution in [1.82, 2.24) is 9.88 Å². The van der Waals surface area contributed by atoms with Crippen molar-refractivity contribution < 1.29 is 14.3 Å². The predicted octanol–water partition coefficient (Wildman–Crippen LogP) is 3.81. The van der Waals surface area contributed by atoms with E-state index in [4.69, 9.17) is 4.42 Å². The van der Waals surface area contributed by atoms with Crippen LogP contribution >= 0.6 is 0 Å². The number of nitrogens with zero attached hydrogens (tertiary/aromatic N) is 3. The van der Waals surface area contributed by atoms with Crippen LogP contribution in [-0.2, 0) is 0 Å². The molecule has 2 N–H and O–H groups in total. The first-order chi connectivity index (χ1) is 16.5. The van der Waals surface area contributed by atoms with E-state index in [1.54, 1.807) is 36.5 Å². The summed E-state index contributed by atoms with van der Waals surface area (Å²) in [7, 11) is 2.13. The van der Waals surface area contributed by atoms with Crippen molar-refractivity contribution in [2.45, 2.75) is 0 Å². The van der Waals surface area contributed by atoms with Crippen LogP contribution in [0.15, 0.2) is 68.8 Å². The lowest BCUT2D eigenvalue weighted by molar-refractivity contribution is 0.110. The molecule has 8 heteroatoms. The summed E-state index contributed by atoms with van der Waals surface area (Å²) in [6, 6.07) is 16.4. The Labute approximate surface area is 195 Å². The van der Waals surface area contributed by atoms with Gasteiger partial charge in [-0.25, -0.2) is 0 Å². The highest BCUT2D eigenvalue weighted by molar-refractivity contribution is 6.03. The van der Waals surface area contributed by atoms with Crippen LogP contribution in [-0.4, -0.2) is 60.7 Å². The number of aliphatic imine (C=N–C) groups is 1. The van der Waals surface area contributed by atoms with E-state index in [-0.39, 0.29) is 11.6 Å². The molecule has 0 saturated carbocycles. The maximum Gasteiger partial charge on any atom is 0.258 e. The number of anilines is 1. The fourth-order valence-corrected chi connectivity index (χ4v) is 4.14. The highest BCUT2D eigenvalue weighted by atomic mass is 16.3. The number of hydrogen-bond acceptors (Lipinski definition) is 7. The molecule has 0 unspecified atom stereocenters. The standard InChI is InChI=1S/C26H24N4O4/c1-29-10-12-30(13-11-29)19-5-3-18(4-6-19)27-15-23-22-14-17(24-9-7-20(16-31)34-24)2-8-21(22)25(32)28-26(23)33/h2-9,14-16H,10-13H2,1H3,(H2,28,32,33). The zero-order chi connectivity index (χ0) is 23.7. The molecule has 2 aromatic carbocycles. The Morgan fingerprint density at radius 3 is 2.47 bits per heavy atom. The van der Waals surface area contributed by atoms with Gasteiger partial charge in [-0.3, -0.25) is 19.6 Å². The molecule has 0 bridgehead atoms. The molecule has 5 rings (SSSR count). The van der Waals surface area contributed by atoms with Gasteiger partial charge in [-0.2, -0.15) is 0 Å². The number of hydrogen-bond donors (Lipinski definition) is 2. The Hall–Kier alpha value is -4.17. The third kappa shape index (κ3) is 4.23. The normalized spacial score (nSPS) is 14.8. The van der Waals surface area contributed by atoms with Gasteiger partial charge in [0, 0.05) is 54.4 Å². The molecule has 0 spiro atoms. The van der Waals surface area contributed by atoms with E-state index in [0.29, 0.717) is 33.9 Å². The number of H-pyrrole nitrogens is 1. The molecule has 1 fully saturated rings. The van der Waals surface area contributed by atoms with Crippen molar-refractivity contribution in [3.8, 4) is 17.2 Å². The van der Waals surface area contributed by atoms with E-state index >= 15 is 0 Å². The van der Waals surface area contributed by atoms with Crippen LogP contribution in [0, 0.1) is 0 Å². The second kappa shape index (κ2) is 8.99. The minimum atomic E-state index is -0.402. The van der Waals surface area contributed by atoms with Crippen molar-refractivity contribution in [3.05, 3.63) is 76.3 Å². The summed E-state index contributed by atoms with van der Waals surface area (Å²) >= 11 is 0. The van der Waals surface area contributed by atoms with E-state index in [1.165, 1.54) is 0 Å². The molecule has 8 nitrogen and oxygen atoms in total. The van der Waals surface area contributed by atoms with E-state index in [1.807, 2.05) is 24.3 Å². The van der Waals surface area contributed by atoms with Crippen LogP contribution < -0.4 is 10.5 Å². The summed E-state index contributed by atoms with van der Waals surface area (Å²) in [6.45, 7) is 4.05. The average Bonchev–Trinajstić information content (AvgIpc) is 3.34. The fraction of sp³-hybridized carbons (Fsp3) is 0.192. The minimum Gasteiger partial charge on any atom is -0.494 e. The second-order valence-electron chi connectivity index (χ2n) is 8.36. The maximum absolute atomic E-state index is 12.4. The maximum atomic E-state index is 12.4. The number of benzene rings is 2. The largest absolute Gasteiger partial charge is 0.494 e. The number of furan rings is 1. The predicted molar refractivity (Wildman–Crippen MR) is 133 cm³/mol. The molecule has 34 heavy (non-hydrogen) atoms. The number of pyridine rings is 1. The Morgan fingerprint density at radius 2 is 1.76 bits per heavy atom. The first-order valence-corrected chi connectivity index (χ1v) is 11.0. The fourth-order valence-electron chi connectivity index (χ4n) is 4.14. The smallest absolute Gasteiger partial charge is 0.258 e. The van der Waals surface area contributed by atoms with E-state index in [9.17, 15) is 14.7 Å². The first-order valence-electron chi connectivity index (χ1n) is 11.0. The van der Waals surface area contributed by atoms with Gasteiger partial charge in [0.1, 0.15) is 5.76 Å². The lowest BCUT2D eigenvalue weighted by atomic mass is 10.0. The summed E-state index contributed by atoms with van der Waals surface area (Å²) < 4.78 is 5.51. The molecule has 0 aliphatic carbocycles. The second-order valence-corrected chi connectivity index (χ2v) is 8.36. The Bertz CT molecular complexity index is 1430. The number of aromatic hydroxyl groups is 1. The molecule has 1 aliphatic heterocycles. The number of carbonyl (C=O) groups excluding carboxylic acids is 1. The summed E-state index contributed by atoms with van der Waals surface area (Å²) in [5.41, 5.74) is 2.55. The number of aromatic nitrogens is 1. The number of piperazine rings is 1. The van der Waals surface area contributed by atoms with Gasteiger partial charge in [-0.1, -0.05) is 6.07 Å². The number of rotatable bonds is 5. The monoisotopic (exact) mass is 456 g/mol. The van der Waals surface area contributed by atoms with E-state index < -0.39 is 5.56 Å². The van der Waals surface area contributed by atoms with Crippen LogP contribution in [0.3, 0.4) is 0 Å². The molecule has 4 aromatic rings. The van der Waals surface area contributed by atoms with Gasteiger partial charge in [0.25, 0.3) is 5.56 Å². The van der Waals surface area contributed by atoms with Crippen molar-refractivity contribution in [1.29, 1.82) is 0 Å². The quantitative estimate of drug-likeness (QED) is 0.350. The van der Waals surface area contributed by atoms with Crippen molar-refractivity contribution in [2.75, 3.05) is 38.1 Å². The highest BCUT2D eigenvalue weighted by Crippen LogP contribution is 2.29. The summed E-state index contributed by atoms with van der Waals surface area (Å²) in [6.07, 6.45) is 2.18. The molecule has 1 saturated heterocycles. The third-order valence-electron chi connectivity index (χ3n) is 6.13. The molecular weight excluding hydrogens is 432 g/mol. The molecule has 0 radical (unpaired) electrons. The number of aromatic amines is 1. The van der Waals surface area contributed by atoms with Gasteiger partial charge in [0.05, 0.1) is 11.3 Å². The lowest BCUT2D eigenvalue weighted by Crippen LogP contribution is -2.44. The van der Waals surface area contributed by atoms with Gasteiger partial charge in [-0.05, 0) is 55.6 Å². The zero-order valence-electron chi connectivity index (χ0n) is 18.7. The molecule has 1 aliphatic rings. The van der Waals surface area contributed by atoms with Crippen LogP contribution in [0.25, 0.3) is 22.1 Å². The van der Waals surface area contributed by atoms with Crippen LogP contribution in [0.4, 0.5) is 11.4 Å². The van der Waals surface area contributed by atoms with Gasteiger partial charge in [-0.15, -0.1) is 0 Å². The molecule has 172 valence electrons. The topological polar surface area (TPSA) is 102 Å². The van der Waals surface area contributed by atoms with Gasteiger partial charge in [0.15, 0.2) is 12.0 Å². The number of carbonyl (C=O) groups is 1. The van der Waals surface area contributed by atoms with E-state index in [0.717, 1.165) is 37.6 Å². The Morgan fingerprint density at radius 1 is 1.00 bits per heavy atom. The molecule has 2 aromatic heterocycles. The van der Waals surface area contributed by atoms with Crippen LogP contribution in [0.5, 0.6) is 5.88 Å². The average molecular weight is 457 g/mol. The summed E-state index contributed by atoms with van der Waals surface area (Å²) in [5, 5.41) is 11.4. The van der Waals surface area contributed by atoms with Gasteiger partial charge < -0.3 is 19.3 Å². The van der Waals surface area contributed by atoms with Gasteiger partial charge in [0.2, 0.25) is 5.88 Å². The SMILES string of the molecule is CN1CCN(c2ccc(N=Cc3c(O)[nH]c(=O)c4ccc(-c5ccc(C=O)o5)cc34)cc2)CC1. The number of nitrogens with one attached hydrogen (secondary N) is 1. The number of likely N-dealkylation sites (N-methyl/N-ethyl adjacent to an activating group) is 1. The minimum absolute atomic E-state index is 0.214. The van der Waals surface area contributed by atoms with Crippen LogP contribution in [0.1, 0.15) is 16.1 Å². The van der Waals surface area contributed by atoms with E-state index in [2.05, 4.69) is 26.8 Å². The first kappa shape index (κ1) is 21.7. The summed E-state index contributed by atoms with van der Waals surface area (Å²) in [4.78, 5) is 35.0. The molecular formula is C26H24N4O4. The molecule has 0 amide bonds. The van der Waals surface area contributed by atoms with Crippen molar-refractivity contribution >= 4 is 34.6 Å². The number of fused-ring (bicyclic) bond motifs is 1. The lowest BCUT2D eigenvalue weighted by Gasteiger charge is -2.34. The Kier molecular flexibility index (Phi) is 5.73. The number of aldehydes is 1. The third-order valence-corrected chi connectivity index (χ3v) is 6.13. The summed E-state index contributed by atoms with van der Waals surface area (Å²) in [5.74, 6) is 0.442. The highest BCUT2D eigenvalue weighted by Gasteiger charge is 2.15. The van der Waals surface area contributed by atoms with Gasteiger partial charge >= 0.3 is 0 Å². The van der Waals surface area contributed by atoms with Crippen molar-refractivity contribution in [2.24, 2.45) is 4.99 Å². The molecule has 3 heterocycles. The van der Waals surface area contributed by atoms with Crippen LogP contribution in [0.2, 0.25) is 0 Å². The zero-order valence-corrected chi connectivity index (χ0v) is 18.7. The van der Waals surface area contributed by atoms with Crippen molar-refractivity contribution in [3.63, 3.8) is 0 Å². The molecule has 0 atom stereocenters. The Balaban J connectivity index is 1.47.